The second-order valence-corrected chi connectivity index (χ2v) is 4.03. The molecule has 0 nitrogen and oxygen atoms in total. The summed E-state index contributed by atoms with van der Waals surface area (Å²) in [6.07, 6.45) is 7.72. The second-order valence-electron chi connectivity index (χ2n) is 4.03. The molecule has 0 N–H and O–H groups in total. The van der Waals surface area contributed by atoms with Crippen LogP contribution < -0.4 is 0 Å². The normalized spacial score (nSPS) is 30.6. The van der Waals surface area contributed by atoms with Crippen LogP contribution in [0.2, 0.25) is 0 Å². The Labute approximate surface area is 99.9 Å². The summed E-state index contributed by atoms with van der Waals surface area (Å²) in [5.41, 5.74) is 0. The van der Waals surface area contributed by atoms with Crippen molar-refractivity contribution in [3.63, 3.8) is 0 Å². The topological polar surface area (TPSA) is 0 Å². The van der Waals surface area contributed by atoms with Gasteiger partial charge in [-0.3, -0.25) is 0 Å². The first kappa shape index (κ1) is 20.4. The van der Waals surface area contributed by atoms with Gasteiger partial charge in [-0.05, 0) is 30.6 Å². The molecule has 2 fully saturated rings. The van der Waals surface area contributed by atoms with Crippen molar-refractivity contribution in [2.75, 3.05) is 0 Å². The van der Waals surface area contributed by atoms with Crippen LogP contribution in [0.5, 0.6) is 0 Å². The van der Waals surface area contributed by atoms with E-state index in [-0.39, 0.29) is 14.9 Å². The van der Waals surface area contributed by atoms with Crippen molar-refractivity contribution in [2.24, 2.45) is 17.8 Å². The first-order valence-corrected chi connectivity index (χ1v) is 6.36. The maximum Gasteiger partial charge on any atom is -0.0383 e. The molecule has 0 aromatic carbocycles. The summed E-state index contributed by atoms with van der Waals surface area (Å²) in [5, 5.41) is 0. The van der Waals surface area contributed by atoms with Crippen LogP contribution in [-0.2, 0) is 0 Å². The van der Waals surface area contributed by atoms with Gasteiger partial charge in [0.2, 0.25) is 0 Å². The minimum Gasteiger partial charge on any atom is -0.0776 e. The van der Waals surface area contributed by atoms with E-state index in [9.17, 15) is 0 Å². The average molecular weight is 216 g/mol. The molecule has 2 rings (SSSR count). The summed E-state index contributed by atoms with van der Waals surface area (Å²) >= 11 is 0. The number of fused-ring (bicyclic) bond motifs is 1. The highest BCUT2D eigenvalue weighted by Crippen LogP contribution is 2.46. The summed E-state index contributed by atoms with van der Waals surface area (Å²) < 4.78 is 0. The predicted molar refractivity (Wildman–Crippen MR) is 75.4 cm³/mol. The molecule has 0 aromatic rings. The zero-order valence-electron chi connectivity index (χ0n) is 10.3. The zero-order chi connectivity index (χ0) is 10.3. The van der Waals surface area contributed by atoms with Crippen LogP contribution in [0.3, 0.4) is 0 Å². The molecule has 15 heavy (non-hydrogen) atoms. The maximum atomic E-state index is 2.42. The van der Waals surface area contributed by atoms with Crippen LogP contribution in [0, 0.1) is 17.8 Å². The third-order valence-electron chi connectivity index (χ3n) is 3.23. The van der Waals surface area contributed by atoms with Gasteiger partial charge in [0.25, 0.3) is 0 Å². The van der Waals surface area contributed by atoms with Gasteiger partial charge in [0, 0.05) is 0 Å². The van der Waals surface area contributed by atoms with Crippen LogP contribution in [-0.4, -0.2) is 0 Å². The lowest BCUT2D eigenvalue weighted by Gasteiger charge is -2.04. The van der Waals surface area contributed by atoms with Crippen molar-refractivity contribution < 1.29 is 0 Å². The molecule has 0 bridgehead atoms. The molecular weight excluding hydrogens is 180 g/mol. The molecule has 0 amide bonds. The van der Waals surface area contributed by atoms with E-state index >= 15 is 0 Å². The minimum absolute atomic E-state index is 0. The fourth-order valence-electron chi connectivity index (χ4n) is 2.86. The highest BCUT2D eigenvalue weighted by atomic mass is 14.4. The maximum absolute atomic E-state index is 2.42. The third-order valence-corrected chi connectivity index (χ3v) is 3.23. The molecule has 2 aliphatic carbocycles. The molecule has 2 aliphatic rings. The lowest BCUT2D eigenvalue weighted by molar-refractivity contribution is 0.457. The smallest absolute Gasteiger partial charge is 0.0383 e. The van der Waals surface area contributed by atoms with Crippen molar-refractivity contribution in [1.82, 2.24) is 0 Å². The summed E-state index contributed by atoms with van der Waals surface area (Å²) in [6, 6.07) is 0. The standard InChI is InChI=1S/C9H16.2C2H6.2CH4/c1-7-5-8-3-2-4-9(8)6-7;2*1-2;;/h7-9H,2-6H2,1H3;2*1-2H3;2*1H4. The van der Waals surface area contributed by atoms with Gasteiger partial charge in [0.05, 0.1) is 0 Å². The molecule has 0 radical (unpaired) electrons. The van der Waals surface area contributed by atoms with E-state index in [2.05, 4.69) is 6.92 Å². The summed E-state index contributed by atoms with van der Waals surface area (Å²) in [7, 11) is 0. The molecule has 2 saturated carbocycles. The van der Waals surface area contributed by atoms with Crippen LogP contribution in [0.25, 0.3) is 0 Å². The number of hydrogen-bond donors (Lipinski definition) is 0. The van der Waals surface area contributed by atoms with Crippen molar-refractivity contribution in [3.8, 4) is 0 Å². The molecule has 2 atom stereocenters. The van der Waals surface area contributed by atoms with Crippen molar-refractivity contribution in [1.29, 1.82) is 0 Å². The Morgan fingerprint density at radius 1 is 0.733 bits per heavy atom. The number of hydrogen-bond acceptors (Lipinski definition) is 0. The highest BCUT2D eigenvalue weighted by molar-refractivity contribution is 4.85. The lowest BCUT2D eigenvalue weighted by atomic mass is 10.0. The molecular formula is C15H36. The lowest BCUT2D eigenvalue weighted by Crippen LogP contribution is -1.95. The van der Waals surface area contributed by atoms with Crippen LogP contribution >= 0.6 is 0 Å². The highest BCUT2D eigenvalue weighted by Gasteiger charge is 2.34. The van der Waals surface area contributed by atoms with Crippen LogP contribution in [0.15, 0.2) is 0 Å². The van der Waals surface area contributed by atoms with Crippen molar-refractivity contribution in [2.45, 2.75) is 81.6 Å². The van der Waals surface area contributed by atoms with Crippen LogP contribution in [0.4, 0.5) is 0 Å². The largest absolute Gasteiger partial charge is 0.0776 e. The van der Waals surface area contributed by atoms with E-state index in [0.29, 0.717) is 0 Å². The van der Waals surface area contributed by atoms with E-state index in [0.717, 1.165) is 17.8 Å². The molecule has 2 unspecified atom stereocenters. The molecule has 0 aromatic heterocycles. The number of rotatable bonds is 0. The van der Waals surface area contributed by atoms with Gasteiger partial charge < -0.3 is 0 Å². The van der Waals surface area contributed by atoms with Gasteiger partial charge in [0.15, 0.2) is 0 Å². The Morgan fingerprint density at radius 2 is 1.07 bits per heavy atom. The fourth-order valence-corrected chi connectivity index (χ4v) is 2.86. The first-order valence-electron chi connectivity index (χ1n) is 6.36. The fraction of sp³-hybridized carbons (Fsp3) is 1.00. The van der Waals surface area contributed by atoms with Crippen LogP contribution in [0.1, 0.15) is 81.6 Å². The SMILES string of the molecule is C.C.CC.CC.CC1CC2CCCC2C1. The second kappa shape index (κ2) is 12.1. The third kappa shape index (κ3) is 6.22. The molecule has 0 spiro atoms. The summed E-state index contributed by atoms with van der Waals surface area (Å²) in [5.74, 6) is 3.36. The predicted octanol–water partition coefficient (Wildman–Crippen LogP) is 6.16. The van der Waals surface area contributed by atoms with Gasteiger partial charge >= 0.3 is 0 Å². The minimum atomic E-state index is 0. The molecule has 0 saturated heterocycles. The van der Waals surface area contributed by atoms with Gasteiger partial charge in [0.1, 0.15) is 0 Å². The van der Waals surface area contributed by atoms with Crippen molar-refractivity contribution in [3.05, 3.63) is 0 Å². The summed E-state index contributed by atoms with van der Waals surface area (Å²) in [4.78, 5) is 0. The first-order chi connectivity index (χ1) is 6.36. The quantitative estimate of drug-likeness (QED) is 0.455. The van der Waals surface area contributed by atoms with E-state index in [1.807, 2.05) is 27.7 Å². The average Bonchev–Trinajstić information content (AvgIpc) is 2.71. The zero-order valence-corrected chi connectivity index (χ0v) is 10.3. The molecule has 0 heterocycles. The van der Waals surface area contributed by atoms with Gasteiger partial charge in [-0.15, -0.1) is 0 Å². The van der Waals surface area contributed by atoms with Crippen molar-refractivity contribution >= 4 is 0 Å². The van der Waals surface area contributed by atoms with E-state index in [4.69, 9.17) is 0 Å². The Kier molecular flexibility index (Phi) is 16.4. The van der Waals surface area contributed by atoms with Gasteiger partial charge in [-0.25, -0.2) is 0 Å². The van der Waals surface area contributed by atoms with E-state index < -0.39 is 0 Å². The molecule has 0 aliphatic heterocycles. The molecule has 96 valence electrons. The van der Waals surface area contributed by atoms with E-state index in [1.165, 1.54) is 6.42 Å². The Balaban J connectivity index is -0.000000218. The van der Waals surface area contributed by atoms with Gasteiger partial charge in [-0.1, -0.05) is 68.7 Å². The Hall–Kier alpha value is 0. The van der Waals surface area contributed by atoms with E-state index in [1.54, 1.807) is 25.7 Å². The monoisotopic (exact) mass is 216 g/mol. The Morgan fingerprint density at radius 3 is 1.40 bits per heavy atom. The van der Waals surface area contributed by atoms with Gasteiger partial charge in [-0.2, -0.15) is 0 Å². The molecule has 0 heteroatoms. The Bertz CT molecular complexity index is 94.6. The summed E-state index contributed by atoms with van der Waals surface area (Å²) in [6.45, 7) is 10.4.